The molecule has 0 aliphatic heterocycles. The Kier molecular flexibility index (Phi) is 3.02. The van der Waals surface area contributed by atoms with Crippen LogP contribution in [0, 0.1) is 5.82 Å². The Hall–Kier alpha value is -1.67. The Bertz CT molecular complexity index is 477. The minimum Gasteiger partial charge on any atom is -0.389 e. The fourth-order valence-electron chi connectivity index (χ4n) is 1.76. The molecule has 2 aromatic rings. The molecule has 0 heterocycles. The molecule has 1 N–H and O–H groups in total. The molecule has 1 nitrogen and oxygen atoms in total. The molecule has 1 atom stereocenters. The Balaban J connectivity index is 2.57. The molecule has 0 aliphatic rings. The molecule has 0 bridgehead atoms. The second-order valence-electron chi connectivity index (χ2n) is 3.77. The molecular formula is C14H13FO. The highest BCUT2D eigenvalue weighted by molar-refractivity contribution is 5.67. The molecule has 16 heavy (non-hydrogen) atoms. The van der Waals surface area contributed by atoms with Gasteiger partial charge in [-0.05, 0) is 35.7 Å². The number of benzene rings is 2. The van der Waals surface area contributed by atoms with Crippen LogP contribution in [-0.2, 0) is 0 Å². The number of hydrogen-bond donors (Lipinski definition) is 1. The average molecular weight is 216 g/mol. The highest BCUT2D eigenvalue weighted by Gasteiger charge is 2.10. The van der Waals surface area contributed by atoms with Gasteiger partial charge < -0.3 is 5.11 Å². The zero-order chi connectivity index (χ0) is 11.5. The summed E-state index contributed by atoms with van der Waals surface area (Å²) >= 11 is 0. The monoisotopic (exact) mass is 216 g/mol. The second-order valence-corrected chi connectivity index (χ2v) is 3.77. The minimum atomic E-state index is -0.675. The van der Waals surface area contributed by atoms with Crippen molar-refractivity contribution in [2.75, 3.05) is 0 Å². The van der Waals surface area contributed by atoms with E-state index >= 15 is 0 Å². The smallest absolute Gasteiger partial charge is 0.123 e. The van der Waals surface area contributed by atoms with E-state index in [1.807, 2.05) is 30.3 Å². The predicted molar refractivity (Wildman–Crippen MR) is 62.5 cm³/mol. The standard InChI is InChI=1S/C14H13FO/c1-10(16)14-9-12(15)7-8-13(14)11-5-3-2-4-6-11/h2-10,16H,1H3. The second kappa shape index (κ2) is 4.45. The molecule has 2 aromatic carbocycles. The van der Waals surface area contributed by atoms with Crippen molar-refractivity contribution in [3.63, 3.8) is 0 Å². The van der Waals surface area contributed by atoms with Gasteiger partial charge in [0.05, 0.1) is 6.10 Å². The first-order valence-corrected chi connectivity index (χ1v) is 5.21. The van der Waals surface area contributed by atoms with Crippen molar-refractivity contribution in [2.45, 2.75) is 13.0 Å². The molecule has 0 aliphatic carbocycles. The first kappa shape index (κ1) is 10.8. The zero-order valence-corrected chi connectivity index (χ0v) is 9.02. The minimum absolute atomic E-state index is 0.324. The van der Waals surface area contributed by atoms with Crippen LogP contribution in [0.2, 0.25) is 0 Å². The van der Waals surface area contributed by atoms with Crippen molar-refractivity contribution in [3.8, 4) is 11.1 Å². The van der Waals surface area contributed by atoms with Crippen molar-refractivity contribution in [1.29, 1.82) is 0 Å². The van der Waals surface area contributed by atoms with Gasteiger partial charge in [-0.3, -0.25) is 0 Å². The van der Waals surface area contributed by atoms with Gasteiger partial charge in [0, 0.05) is 0 Å². The summed E-state index contributed by atoms with van der Waals surface area (Å²) in [6.45, 7) is 1.64. The maximum Gasteiger partial charge on any atom is 0.123 e. The van der Waals surface area contributed by atoms with E-state index in [2.05, 4.69) is 0 Å². The molecule has 0 spiro atoms. The Morgan fingerprint density at radius 3 is 2.38 bits per heavy atom. The summed E-state index contributed by atoms with van der Waals surface area (Å²) in [5.74, 6) is -0.324. The summed E-state index contributed by atoms with van der Waals surface area (Å²) in [7, 11) is 0. The molecule has 2 rings (SSSR count). The van der Waals surface area contributed by atoms with Gasteiger partial charge in [0.15, 0.2) is 0 Å². The molecule has 2 heteroatoms. The highest BCUT2D eigenvalue weighted by Crippen LogP contribution is 2.28. The summed E-state index contributed by atoms with van der Waals surface area (Å²) in [6, 6.07) is 14.1. The van der Waals surface area contributed by atoms with Crippen LogP contribution < -0.4 is 0 Å². The van der Waals surface area contributed by atoms with E-state index in [0.717, 1.165) is 11.1 Å². The number of halogens is 1. The van der Waals surface area contributed by atoms with E-state index in [1.54, 1.807) is 13.0 Å². The lowest BCUT2D eigenvalue weighted by molar-refractivity contribution is 0.199. The van der Waals surface area contributed by atoms with Crippen molar-refractivity contribution < 1.29 is 9.50 Å². The quantitative estimate of drug-likeness (QED) is 0.814. The van der Waals surface area contributed by atoms with Crippen molar-refractivity contribution in [1.82, 2.24) is 0 Å². The third kappa shape index (κ3) is 2.12. The van der Waals surface area contributed by atoms with Crippen molar-refractivity contribution in [2.24, 2.45) is 0 Å². The van der Waals surface area contributed by atoms with Crippen LogP contribution in [0.1, 0.15) is 18.6 Å². The Morgan fingerprint density at radius 1 is 1.06 bits per heavy atom. The molecule has 0 saturated heterocycles. The molecule has 0 aromatic heterocycles. The molecule has 0 saturated carbocycles. The fourth-order valence-corrected chi connectivity index (χ4v) is 1.76. The van der Waals surface area contributed by atoms with E-state index in [1.165, 1.54) is 12.1 Å². The summed E-state index contributed by atoms with van der Waals surface area (Å²) in [6.07, 6.45) is -0.675. The number of aliphatic hydroxyl groups excluding tert-OH is 1. The summed E-state index contributed by atoms with van der Waals surface area (Å²) in [5.41, 5.74) is 2.47. The largest absolute Gasteiger partial charge is 0.389 e. The lowest BCUT2D eigenvalue weighted by Crippen LogP contribution is -1.96. The lowest BCUT2D eigenvalue weighted by atomic mass is 9.97. The van der Waals surface area contributed by atoms with Crippen LogP contribution in [0.15, 0.2) is 48.5 Å². The molecule has 0 amide bonds. The molecule has 82 valence electrons. The average Bonchev–Trinajstić information content (AvgIpc) is 2.30. The van der Waals surface area contributed by atoms with E-state index in [-0.39, 0.29) is 5.82 Å². The van der Waals surface area contributed by atoms with Crippen molar-refractivity contribution in [3.05, 3.63) is 59.9 Å². The van der Waals surface area contributed by atoms with Crippen LogP contribution in [0.5, 0.6) is 0 Å². The van der Waals surface area contributed by atoms with Gasteiger partial charge in [-0.2, -0.15) is 0 Å². The van der Waals surface area contributed by atoms with Crippen LogP contribution in [0.4, 0.5) is 4.39 Å². The van der Waals surface area contributed by atoms with E-state index in [4.69, 9.17) is 0 Å². The lowest BCUT2D eigenvalue weighted by Gasteiger charge is -2.12. The van der Waals surface area contributed by atoms with Gasteiger partial charge in [0.2, 0.25) is 0 Å². The Labute approximate surface area is 94.2 Å². The topological polar surface area (TPSA) is 20.2 Å². The van der Waals surface area contributed by atoms with Crippen molar-refractivity contribution >= 4 is 0 Å². The van der Waals surface area contributed by atoms with Crippen LogP contribution in [0.25, 0.3) is 11.1 Å². The maximum absolute atomic E-state index is 13.1. The van der Waals surface area contributed by atoms with Gasteiger partial charge in [0.25, 0.3) is 0 Å². The van der Waals surface area contributed by atoms with Gasteiger partial charge >= 0.3 is 0 Å². The van der Waals surface area contributed by atoms with Gasteiger partial charge in [-0.15, -0.1) is 0 Å². The third-order valence-electron chi connectivity index (χ3n) is 2.55. The van der Waals surface area contributed by atoms with E-state index in [9.17, 15) is 9.50 Å². The Morgan fingerprint density at radius 2 is 1.75 bits per heavy atom. The molecule has 0 fully saturated rings. The molecule has 0 radical (unpaired) electrons. The maximum atomic E-state index is 13.1. The van der Waals surface area contributed by atoms with Crippen LogP contribution in [-0.4, -0.2) is 5.11 Å². The van der Waals surface area contributed by atoms with Gasteiger partial charge in [-0.1, -0.05) is 36.4 Å². The number of aliphatic hydroxyl groups is 1. The van der Waals surface area contributed by atoms with E-state index in [0.29, 0.717) is 5.56 Å². The van der Waals surface area contributed by atoms with Gasteiger partial charge in [-0.25, -0.2) is 4.39 Å². The summed E-state index contributed by atoms with van der Waals surface area (Å²) in [5, 5.41) is 9.62. The van der Waals surface area contributed by atoms with E-state index < -0.39 is 6.10 Å². The molecule has 1 unspecified atom stereocenters. The SMILES string of the molecule is CC(O)c1cc(F)ccc1-c1ccccc1. The predicted octanol–water partition coefficient (Wildman–Crippen LogP) is 3.55. The highest BCUT2D eigenvalue weighted by atomic mass is 19.1. The first-order chi connectivity index (χ1) is 7.68. The fraction of sp³-hybridized carbons (Fsp3) is 0.143. The van der Waals surface area contributed by atoms with Crippen LogP contribution in [0.3, 0.4) is 0 Å². The zero-order valence-electron chi connectivity index (χ0n) is 9.02. The van der Waals surface area contributed by atoms with Gasteiger partial charge in [0.1, 0.15) is 5.82 Å². The van der Waals surface area contributed by atoms with Crippen LogP contribution >= 0.6 is 0 Å². The molecular weight excluding hydrogens is 203 g/mol. The first-order valence-electron chi connectivity index (χ1n) is 5.21. The third-order valence-corrected chi connectivity index (χ3v) is 2.55. The normalized spacial score (nSPS) is 12.4. The number of rotatable bonds is 2. The summed E-state index contributed by atoms with van der Waals surface area (Å²) in [4.78, 5) is 0. The number of hydrogen-bond acceptors (Lipinski definition) is 1. The summed E-state index contributed by atoms with van der Waals surface area (Å²) < 4.78 is 13.1.